The number of hydrogen-bond acceptors (Lipinski definition) is 3. The van der Waals surface area contributed by atoms with Gasteiger partial charge in [-0.3, -0.25) is 4.21 Å². The molecule has 1 atom stereocenters. The monoisotopic (exact) mass is 221 g/mol. The topological polar surface area (TPSA) is 38.3 Å². The van der Waals surface area contributed by atoms with Gasteiger partial charge in [0, 0.05) is 35.4 Å². The van der Waals surface area contributed by atoms with Gasteiger partial charge in [-0.25, -0.2) is 0 Å². The van der Waals surface area contributed by atoms with Crippen LogP contribution in [0.2, 0.25) is 0 Å². The molecule has 86 valence electrons. The van der Waals surface area contributed by atoms with Crippen molar-refractivity contribution in [1.29, 1.82) is 0 Å². The lowest BCUT2D eigenvalue weighted by Crippen LogP contribution is -2.29. The second kappa shape index (κ2) is 7.37. The lowest BCUT2D eigenvalue weighted by atomic mass is 10.2. The van der Waals surface area contributed by atoms with E-state index < -0.39 is 10.8 Å². The van der Waals surface area contributed by atoms with Crippen LogP contribution in [0.25, 0.3) is 0 Å². The first-order valence-corrected chi connectivity index (χ1v) is 6.64. The molecule has 0 heterocycles. The van der Waals surface area contributed by atoms with Gasteiger partial charge in [0.2, 0.25) is 0 Å². The third-order valence-corrected chi connectivity index (χ3v) is 2.95. The molecule has 0 radical (unpaired) electrons. The van der Waals surface area contributed by atoms with Gasteiger partial charge >= 0.3 is 0 Å². The molecule has 4 heteroatoms. The standard InChI is InChI=1S/C10H23NO2S/c1-5-14(12)9-7-11-6-8-13-10(2,3)4/h11H,5-9H2,1-4H3. The Labute approximate surface area is 90.1 Å². The summed E-state index contributed by atoms with van der Waals surface area (Å²) in [5, 5.41) is 3.21. The Bertz CT molecular complexity index is 166. The quantitative estimate of drug-likeness (QED) is 0.656. The Hall–Kier alpha value is 0.0700. The highest BCUT2D eigenvalue weighted by Crippen LogP contribution is 2.04. The predicted molar refractivity (Wildman–Crippen MR) is 62.1 cm³/mol. The summed E-state index contributed by atoms with van der Waals surface area (Å²) < 4.78 is 16.6. The van der Waals surface area contributed by atoms with E-state index >= 15 is 0 Å². The molecule has 3 nitrogen and oxygen atoms in total. The molecule has 0 aromatic carbocycles. The van der Waals surface area contributed by atoms with Crippen molar-refractivity contribution < 1.29 is 8.95 Å². The molecule has 0 amide bonds. The van der Waals surface area contributed by atoms with Crippen molar-refractivity contribution in [2.75, 3.05) is 31.2 Å². The number of hydrogen-bond donors (Lipinski definition) is 1. The van der Waals surface area contributed by atoms with E-state index in [-0.39, 0.29) is 5.60 Å². The van der Waals surface area contributed by atoms with Crippen LogP contribution in [0.4, 0.5) is 0 Å². The minimum Gasteiger partial charge on any atom is -0.375 e. The molecule has 14 heavy (non-hydrogen) atoms. The first kappa shape index (κ1) is 14.1. The molecule has 0 spiro atoms. The van der Waals surface area contributed by atoms with Gasteiger partial charge in [0.05, 0.1) is 12.2 Å². The number of rotatable bonds is 7. The van der Waals surface area contributed by atoms with E-state index in [2.05, 4.69) is 5.32 Å². The Kier molecular flexibility index (Phi) is 7.41. The van der Waals surface area contributed by atoms with E-state index in [1.807, 2.05) is 27.7 Å². The van der Waals surface area contributed by atoms with Gasteiger partial charge in [-0.15, -0.1) is 0 Å². The van der Waals surface area contributed by atoms with Crippen molar-refractivity contribution in [3.8, 4) is 0 Å². The van der Waals surface area contributed by atoms with Crippen LogP contribution in [-0.4, -0.2) is 41.0 Å². The molecule has 1 N–H and O–H groups in total. The fraction of sp³-hybridized carbons (Fsp3) is 1.00. The Morgan fingerprint density at radius 2 is 1.93 bits per heavy atom. The second-order valence-corrected chi connectivity index (χ2v) is 6.01. The number of ether oxygens (including phenoxy) is 1. The summed E-state index contributed by atoms with van der Waals surface area (Å²) in [7, 11) is -0.653. The van der Waals surface area contributed by atoms with Gasteiger partial charge in [-0.2, -0.15) is 0 Å². The van der Waals surface area contributed by atoms with E-state index in [1.165, 1.54) is 0 Å². The second-order valence-electron chi connectivity index (χ2n) is 4.14. The average molecular weight is 221 g/mol. The van der Waals surface area contributed by atoms with Crippen LogP contribution in [0, 0.1) is 0 Å². The molecule has 0 aliphatic rings. The Balaban J connectivity index is 3.18. The van der Waals surface area contributed by atoms with Crippen molar-refractivity contribution in [1.82, 2.24) is 5.32 Å². The van der Waals surface area contributed by atoms with Gasteiger partial charge in [0.25, 0.3) is 0 Å². The van der Waals surface area contributed by atoms with E-state index in [9.17, 15) is 4.21 Å². The van der Waals surface area contributed by atoms with E-state index in [0.717, 1.165) is 24.6 Å². The fourth-order valence-electron chi connectivity index (χ4n) is 0.885. The Morgan fingerprint density at radius 1 is 1.29 bits per heavy atom. The van der Waals surface area contributed by atoms with Crippen LogP contribution >= 0.6 is 0 Å². The molecule has 0 saturated heterocycles. The van der Waals surface area contributed by atoms with Crippen LogP contribution in [0.5, 0.6) is 0 Å². The maximum absolute atomic E-state index is 11.0. The largest absolute Gasteiger partial charge is 0.375 e. The lowest BCUT2D eigenvalue weighted by Gasteiger charge is -2.19. The molecule has 0 aliphatic carbocycles. The maximum Gasteiger partial charge on any atom is 0.0599 e. The van der Waals surface area contributed by atoms with Crippen LogP contribution in [0.15, 0.2) is 0 Å². The third kappa shape index (κ3) is 10.2. The molecule has 0 saturated carbocycles. The molecule has 1 unspecified atom stereocenters. The zero-order valence-electron chi connectivity index (χ0n) is 9.76. The van der Waals surface area contributed by atoms with Crippen LogP contribution in [-0.2, 0) is 15.5 Å². The lowest BCUT2D eigenvalue weighted by molar-refractivity contribution is -0.000613. The molecular weight excluding hydrogens is 198 g/mol. The van der Waals surface area contributed by atoms with Gasteiger partial charge in [0.1, 0.15) is 0 Å². The minimum absolute atomic E-state index is 0.0616. The summed E-state index contributed by atoms with van der Waals surface area (Å²) in [6, 6.07) is 0. The van der Waals surface area contributed by atoms with Crippen LogP contribution in [0.1, 0.15) is 27.7 Å². The summed E-state index contributed by atoms with van der Waals surface area (Å²) in [5.41, 5.74) is -0.0616. The number of nitrogens with one attached hydrogen (secondary N) is 1. The molecular formula is C10H23NO2S. The molecule has 0 fully saturated rings. The molecule has 0 aliphatic heterocycles. The first-order chi connectivity index (χ1) is 6.45. The van der Waals surface area contributed by atoms with Gasteiger partial charge in [-0.05, 0) is 20.8 Å². The molecule has 0 bridgehead atoms. The summed E-state index contributed by atoms with van der Waals surface area (Å²) in [5.74, 6) is 1.49. The highest BCUT2D eigenvalue weighted by atomic mass is 32.2. The zero-order valence-corrected chi connectivity index (χ0v) is 10.6. The Morgan fingerprint density at radius 3 is 2.43 bits per heavy atom. The van der Waals surface area contributed by atoms with Crippen molar-refractivity contribution in [3.05, 3.63) is 0 Å². The van der Waals surface area contributed by atoms with Gasteiger partial charge < -0.3 is 10.1 Å². The van der Waals surface area contributed by atoms with E-state index in [1.54, 1.807) is 0 Å². The molecule has 0 aromatic rings. The summed E-state index contributed by atoms with van der Waals surface area (Å²) in [4.78, 5) is 0. The van der Waals surface area contributed by atoms with Crippen LogP contribution in [0.3, 0.4) is 0 Å². The van der Waals surface area contributed by atoms with E-state index in [0.29, 0.717) is 6.61 Å². The minimum atomic E-state index is -0.653. The van der Waals surface area contributed by atoms with Crippen LogP contribution < -0.4 is 5.32 Å². The molecule has 0 rings (SSSR count). The van der Waals surface area contributed by atoms with E-state index in [4.69, 9.17) is 4.74 Å². The van der Waals surface area contributed by atoms with Crippen molar-refractivity contribution in [2.45, 2.75) is 33.3 Å². The maximum atomic E-state index is 11.0. The molecule has 0 aromatic heterocycles. The van der Waals surface area contributed by atoms with Crippen molar-refractivity contribution in [2.24, 2.45) is 0 Å². The predicted octanol–water partition coefficient (Wildman–Crippen LogP) is 1.16. The van der Waals surface area contributed by atoms with Gasteiger partial charge in [0.15, 0.2) is 0 Å². The highest BCUT2D eigenvalue weighted by Gasteiger charge is 2.08. The summed E-state index contributed by atoms with van der Waals surface area (Å²) in [6.45, 7) is 10.4. The smallest absolute Gasteiger partial charge is 0.0599 e. The van der Waals surface area contributed by atoms with Gasteiger partial charge in [-0.1, -0.05) is 6.92 Å². The zero-order chi connectivity index (χ0) is 11.0. The van der Waals surface area contributed by atoms with Crippen molar-refractivity contribution >= 4 is 10.8 Å². The van der Waals surface area contributed by atoms with Crippen molar-refractivity contribution in [3.63, 3.8) is 0 Å². The SMILES string of the molecule is CCS(=O)CCNCCOC(C)(C)C. The summed E-state index contributed by atoms with van der Waals surface area (Å²) >= 11 is 0. The highest BCUT2D eigenvalue weighted by molar-refractivity contribution is 7.84. The average Bonchev–Trinajstić information content (AvgIpc) is 2.08. The third-order valence-electron chi connectivity index (χ3n) is 1.64. The first-order valence-electron chi connectivity index (χ1n) is 5.15. The fourth-order valence-corrected chi connectivity index (χ4v) is 1.55. The summed E-state index contributed by atoms with van der Waals surface area (Å²) in [6.07, 6.45) is 0. The normalized spacial score (nSPS) is 14.3.